The Hall–Kier alpha value is -2.69. The van der Waals surface area contributed by atoms with Gasteiger partial charge >= 0.3 is 5.97 Å². The average Bonchev–Trinajstić information content (AvgIpc) is 3.19. The molecular formula is C18H13ClN2O4S. The lowest BCUT2D eigenvalue weighted by atomic mass is 9.88. The third-order valence-corrected chi connectivity index (χ3v) is 5.46. The molecule has 26 heavy (non-hydrogen) atoms. The fraction of sp³-hybridized carbons (Fsp3) is 0.222. The Bertz CT molecular complexity index is 1000. The second-order valence-electron chi connectivity index (χ2n) is 5.68. The lowest BCUT2D eigenvalue weighted by Crippen LogP contribution is -2.19. The zero-order chi connectivity index (χ0) is 19.0. The molecule has 0 bridgehead atoms. The number of hydrogen-bond acceptors (Lipinski definition) is 6. The number of Topliss-reactive ketones (excluding diaryl/α,β-unsaturated/α-hetero) is 1. The smallest absolute Gasteiger partial charge is 0.307 e. The van der Waals surface area contributed by atoms with Gasteiger partial charge in [0.25, 0.3) is 0 Å². The zero-order valence-corrected chi connectivity index (χ0v) is 15.5. The van der Waals surface area contributed by atoms with Crippen molar-refractivity contribution in [2.24, 2.45) is 4.99 Å². The number of aliphatic imine (C=N–C) groups is 1. The number of nitriles is 1. The maximum absolute atomic E-state index is 12.9. The fourth-order valence-electron chi connectivity index (χ4n) is 2.99. The number of aliphatic carboxylic acids is 1. The number of carboxylic acids is 1. The first-order valence-electron chi connectivity index (χ1n) is 7.59. The molecule has 1 N–H and O–H groups in total. The number of halogens is 1. The molecule has 0 fully saturated rings. The Morgan fingerprint density at radius 2 is 2.19 bits per heavy atom. The van der Waals surface area contributed by atoms with Gasteiger partial charge in [0.1, 0.15) is 16.7 Å². The van der Waals surface area contributed by atoms with Crippen molar-refractivity contribution in [2.45, 2.75) is 19.8 Å². The van der Waals surface area contributed by atoms with Crippen LogP contribution in [0.5, 0.6) is 0 Å². The summed E-state index contributed by atoms with van der Waals surface area (Å²) in [5.41, 5.74) is 2.54. The van der Waals surface area contributed by atoms with Crippen molar-refractivity contribution in [1.82, 2.24) is 0 Å². The number of allylic oxidation sites excluding steroid dienone is 4. The first kappa shape index (κ1) is 18.1. The largest absolute Gasteiger partial charge is 0.495 e. The Labute approximate surface area is 158 Å². The number of nitrogens with zero attached hydrogens (tertiary/aromatic N) is 2. The number of rotatable bonds is 5. The van der Waals surface area contributed by atoms with Gasteiger partial charge in [0.2, 0.25) is 5.78 Å². The maximum atomic E-state index is 12.9. The molecule has 1 aliphatic carbocycles. The minimum absolute atomic E-state index is 0.186. The lowest BCUT2D eigenvalue weighted by molar-refractivity contribution is -0.136. The number of ketones is 1. The summed E-state index contributed by atoms with van der Waals surface area (Å²) in [4.78, 5) is 29.3. The van der Waals surface area contributed by atoms with Gasteiger partial charge in [-0.25, -0.2) is 0 Å². The van der Waals surface area contributed by atoms with E-state index in [0.29, 0.717) is 37.9 Å². The summed E-state index contributed by atoms with van der Waals surface area (Å²) in [6, 6.07) is 5.18. The third-order valence-electron chi connectivity index (χ3n) is 4.11. The van der Waals surface area contributed by atoms with Crippen LogP contribution in [0.25, 0.3) is 0 Å². The molecular weight excluding hydrogens is 376 g/mol. The van der Waals surface area contributed by atoms with Crippen LogP contribution in [0.4, 0.5) is 0 Å². The highest BCUT2D eigenvalue weighted by molar-refractivity contribution is 7.14. The van der Waals surface area contributed by atoms with E-state index in [1.54, 1.807) is 19.1 Å². The summed E-state index contributed by atoms with van der Waals surface area (Å²) in [5.74, 6) is -1.05. The minimum Gasteiger partial charge on any atom is -0.495 e. The molecule has 2 aliphatic rings. The Morgan fingerprint density at radius 3 is 2.77 bits per heavy atom. The SMILES string of the molecule is COC1=C(C(=O)c2ccc(C#N)s2)CC2=NC(C)=C(CC(=O)O)C2=C1Cl. The number of carbonyl (C=O) groups is 2. The highest BCUT2D eigenvalue weighted by Crippen LogP contribution is 2.42. The van der Waals surface area contributed by atoms with Crippen molar-refractivity contribution in [3.8, 4) is 6.07 Å². The molecule has 0 atom stereocenters. The molecule has 0 unspecified atom stereocenters. The molecule has 3 rings (SSSR count). The number of ether oxygens (including phenoxy) is 1. The summed E-state index contributed by atoms with van der Waals surface area (Å²) in [6.45, 7) is 1.72. The van der Waals surface area contributed by atoms with Gasteiger partial charge in [-0.05, 0) is 24.6 Å². The van der Waals surface area contributed by atoms with E-state index in [1.165, 1.54) is 7.11 Å². The number of carboxylic acid groups (broad SMARTS) is 1. The van der Waals surface area contributed by atoms with Crippen LogP contribution in [0, 0.1) is 11.3 Å². The first-order chi connectivity index (χ1) is 12.4. The van der Waals surface area contributed by atoms with E-state index in [1.807, 2.05) is 6.07 Å². The van der Waals surface area contributed by atoms with Gasteiger partial charge in [0.15, 0.2) is 0 Å². The second kappa shape index (κ2) is 6.90. The van der Waals surface area contributed by atoms with Crippen molar-refractivity contribution in [1.29, 1.82) is 5.26 Å². The van der Waals surface area contributed by atoms with Gasteiger partial charge < -0.3 is 9.84 Å². The van der Waals surface area contributed by atoms with Crippen LogP contribution < -0.4 is 0 Å². The molecule has 0 aromatic carbocycles. The van der Waals surface area contributed by atoms with Crippen LogP contribution in [-0.4, -0.2) is 29.7 Å². The molecule has 1 aromatic heterocycles. The summed E-state index contributed by atoms with van der Waals surface area (Å²) < 4.78 is 5.37. The van der Waals surface area contributed by atoms with Crippen molar-refractivity contribution in [3.05, 3.63) is 55.1 Å². The van der Waals surface area contributed by atoms with Gasteiger partial charge in [-0.3, -0.25) is 14.6 Å². The zero-order valence-electron chi connectivity index (χ0n) is 13.9. The van der Waals surface area contributed by atoms with Crippen LogP contribution in [0.15, 0.2) is 50.3 Å². The van der Waals surface area contributed by atoms with E-state index in [2.05, 4.69) is 4.99 Å². The first-order valence-corrected chi connectivity index (χ1v) is 8.78. The van der Waals surface area contributed by atoms with Crippen molar-refractivity contribution >= 4 is 40.4 Å². The molecule has 0 radical (unpaired) electrons. The summed E-state index contributed by atoms with van der Waals surface area (Å²) in [6.07, 6.45) is -0.0189. The van der Waals surface area contributed by atoms with Crippen molar-refractivity contribution < 1.29 is 19.4 Å². The average molecular weight is 389 g/mol. The number of hydrogen-bond donors (Lipinski definition) is 1. The number of thiophene rings is 1. The van der Waals surface area contributed by atoms with Gasteiger partial charge in [0.05, 0.1) is 34.7 Å². The standard InChI is InChI=1S/C18H13ClN2O4S/c1-8-10(6-14(22)23)15-12(21-8)5-11(18(25-2)16(15)19)17(24)13-4-3-9(7-20)26-13/h3-4H,5-6H2,1-2H3,(H,22,23). The predicted octanol–water partition coefficient (Wildman–Crippen LogP) is 3.80. The van der Waals surface area contributed by atoms with E-state index in [-0.39, 0.29) is 29.4 Å². The van der Waals surface area contributed by atoms with E-state index < -0.39 is 5.97 Å². The molecule has 0 amide bonds. The number of fused-ring (bicyclic) bond motifs is 1. The molecule has 0 saturated carbocycles. The highest BCUT2D eigenvalue weighted by Gasteiger charge is 2.36. The summed E-state index contributed by atoms with van der Waals surface area (Å²) in [5, 5.41) is 18.3. The molecule has 0 saturated heterocycles. The molecule has 1 aliphatic heterocycles. The quantitative estimate of drug-likeness (QED) is 0.773. The van der Waals surface area contributed by atoms with Gasteiger partial charge in [-0.1, -0.05) is 11.6 Å². The third kappa shape index (κ3) is 2.98. The van der Waals surface area contributed by atoms with Crippen molar-refractivity contribution in [2.75, 3.05) is 7.11 Å². The minimum atomic E-state index is -0.986. The Morgan fingerprint density at radius 1 is 1.46 bits per heavy atom. The summed E-state index contributed by atoms with van der Waals surface area (Å²) >= 11 is 7.57. The van der Waals surface area contributed by atoms with Crippen LogP contribution in [-0.2, 0) is 9.53 Å². The predicted molar refractivity (Wildman–Crippen MR) is 97.3 cm³/mol. The van der Waals surface area contributed by atoms with Crippen LogP contribution in [0.2, 0.25) is 0 Å². The lowest BCUT2D eigenvalue weighted by Gasteiger charge is -2.21. The molecule has 6 nitrogen and oxygen atoms in total. The molecule has 8 heteroatoms. The molecule has 0 spiro atoms. The van der Waals surface area contributed by atoms with Crippen LogP contribution in [0.3, 0.4) is 0 Å². The van der Waals surface area contributed by atoms with Crippen LogP contribution in [0.1, 0.15) is 34.3 Å². The van der Waals surface area contributed by atoms with E-state index in [9.17, 15) is 9.59 Å². The summed E-state index contributed by atoms with van der Waals surface area (Å²) in [7, 11) is 1.41. The Balaban J connectivity index is 2.08. The van der Waals surface area contributed by atoms with E-state index >= 15 is 0 Å². The highest BCUT2D eigenvalue weighted by atomic mass is 35.5. The Kier molecular flexibility index (Phi) is 4.81. The fourth-order valence-corrected chi connectivity index (χ4v) is 4.18. The van der Waals surface area contributed by atoms with Crippen LogP contribution >= 0.6 is 22.9 Å². The van der Waals surface area contributed by atoms with Gasteiger partial charge in [-0.15, -0.1) is 11.3 Å². The molecule has 132 valence electrons. The van der Waals surface area contributed by atoms with E-state index in [0.717, 1.165) is 11.3 Å². The normalized spacial score (nSPS) is 16.5. The van der Waals surface area contributed by atoms with Gasteiger partial charge in [-0.2, -0.15) is 5.26 Å². The topological polar surface area (TPSA) is 99.8 Å². The van der Waals surface area contributed by atoms with Crippen molar-refractivity contribution in [3.63, 3.8) is 0 Å². The molecule has 1 aromatic rings. The monoisotopic (exact) mass is 388 g/mol. The van der Waals surface area contributed by atoms with E-state index in [4.69, 9.17) is 26.7 Å². The number of carbonyl (C=O) groups excluding carboxylic acids is 1. The maximum Gasteiger partial charge on any atom is 0.307 e. The second-order valence-corrected chi connectivity index (χ2v) is 7.14. The molecule has 2 heterocycles. The van der Waals surface area contributed by atoms with Gasteiger partial charge in [0, 0.05) is 17.7 Å². The number of methoxy groups -OCH3 is 1.